The number of amides is 3. The summed E-state index contributed by atoms with van der Waals surface area (Å²) in [6.07, 6.45) is 1.57. The first-order chi connectivity index (χ1) is 10.3. The van der Waals surface area contributed by atoms with Crippen LogP contribution in [0.4, 0.5) is 4.79 Å². The predicted octanol–water partition coefficient (Wildman–Crippen LogP) is 2.74. The summed E-state index contributed by atoms with van der Waals surface area (Å²) in [6, 6.07) is 3.51. The Morgan fingerprint density at radius 1 is 1.36 bits per heavy atom. The summed E-state index contributed by atoms with van der Waals surface area (Å²) in [5.74, 6) is -0.644. The van der Waals surface area contributed by atoms with Gasteiger partial charge < -0.3 is 10.5 Å². The summed E-state index contributed by atoms with van der Waals surface area (Å²) < 4.78 is 6.60. The van der Waals surface area contributed by atoms with Gasteiger partial charge in [-0.2, -0.15) is 0 Å². The first-order valence-electron chi connectivity index (χ1n) is 5.90. The van der Waals surface area contributed by atoms with E-state index in [9.17, 15) is 14.4 Å². The smallest absolute Gasteiger partial charge is 0.294 e. The van der Waals surface area contributed by atoms with E-state index < -0.39 is 23.6 Å². The van der Waals surface area contributed by atoms with Crippen LogP contribution >= 0.6 is 43.6 Å². The van der Waals surface area contributed by atoms with Crippen molar-refractivity contribution in [2.75, 3.05) is 13.7 Å². The molecule has 0 bridgehead atoms. The maximum atomic E-state index is 12.1. The maximum Gasteiger partial charge on any atom is 0.294 e. The second kappa shape index (κ2) is 6.84. The molecule has 1 heterocycles. The number of rotatable bonds is 4. The lowest BCUT2D eigenvalue weighted by atomic mass is 10.2. The molecule has 0 atom stereocenters. The molecule has 0 aliphatic carbocycles. The highest BCUT2D eigenvalue weighted by atomic mass is 79.9. The van der Waals surface area contributed by atoms with E-state index in [1.165, 1.54) is 0 Å². The summed E-state index contributed by atoms with van der Waals surface area (Å²) in [7, 11) is 1.54. The Labute approximate surface area is 147 Å². The van der Waals surface area contributed by atoms with Gasteiger partial charge in [0, 0.05) is 0 Å². The summed E-state index contributed by atoms with van der Waals surface area (Å²) in [5, 5.41) is -0.512. The van der Waals surface area contributed by atoms with E-state index in [0.717, 1.165) is 16.7 Å². The largest absolute Gasteiger partial charge is 0.494 e. The minimum Gasteiger partial charge on any atom is -0.494 e. The fraction of sp³-hybridized carbons (Fsp3) is 0.154. The molecule has 3 amide bonds. The third-order valence-corrected chi connectivity index (χ3v) is 4.80. The van der Waals surface area contributed by atoms with E-state index in [-0.39, 0.29) is 4.91 Å². The fourth-order valence-corrected chi connectivity index (χ4v) is 4.19. The highest BCUT2D eigenvalue weighted by Gasteiger charge is 2.35. The van der Waals surface area contributed by atoms with Gasteiger partial charge in [-0.3, -0.25) is 19.3 Å². The molecule has 0 unspecified atom stereocenters. The average Bonchev–Trinajstić information content (AvgIpc) is 2.66. The molecule has 116 valence electrons. The van der Waals surface area contributed by atoms with Crippen molar-refractivity contribution in [3.63, 3.8) is 0 Å². The highest BCUT2D eigenvalue weighted by Crippen LogP contribution is 2.37. The number of carbonyl (C=O) groups excluding carboxylic acids is 3. The number of nitrogens with zero attached hydrogens (tertiary/aromatic N) is 1. The van der Waals surface area contributed by atoms with Gasteiger partial charge in [0.2, 0.25) is 5.91 Å². The molecule has 6 nitrogen and oxygen atoms in total. The minimum absolute atomic E-state index is 0.232. The zero-order valence-corrected chi connectivity index (χ0v) is 15.2. The number of hydrogen-bond donors (Lipinski definition) is 1. The summed E-state index contributed by atoms with van der Waals surface area (Å²) in [4.78, 5) is 35.8. The number of hydrogen-bond acceptors (Lipinski definition) is 5. The number of methoxy groups -OCH3 is 1. The predicted molar refractivity (Wildman–Crippen MR) is 90.3 cm³/mol. The monoisotopic (exact) mass is 448 g/mol. The van der Waals surface area contributed by atoms with E-state index >= 15 is 0 Å². The zero-order chi connectivity index (χ0) is 16.4. The molecule has 1 aromatic carbocycles. The topological polar surface area (TPSA) is 89.7 Å². The zero-order valence-electron chi connectivity index (χ0n) is 11.3. The van der Waals surface area contributed by atoms with E-state index in [1.807, 2.05) is 0 Å². The molecular formula is C13H10Br2N2O4S. The number of thioether (sulfide) groups is 1. The minimum atomic E-state index is -0.738. The molecule has 1 aromatic rings. The molecular weight excluding hydrogens is 440 g/mol. The Hall–Kier alpha value is -1.32. The van der Waals surface area contributed by atoms with Crippen molar-refractivity contribution in [2.24, 2.45) is 5.73 Å². The Balaban J connectivity index is 2.33. The van der Waals surface area contributed by atoms with Crippen molar-refractivity contribution in [2.45, 2.75) is 0 Å². The number of ether oxygens (including phenoxy) is 1. The van der Waals surface area contributed by atoms with Crippen LogP contribution in [0, 0.1) is 0 Å². The molecule has 1 aliphatic heterocycles. The van der Waals surface area contributed by atoms with Gasteiger partial charge in [0.25, 0.3) is 11.1 Å². The number of halogens is 2. The van der Waals surface area contributed by atoms with Gasteiger partial charge in [-0.05, 0) is 67.4 Å². The summed E-state index contributed by atoms with van der Waals surface area (Å²) in [6.45, 7) is -0.419. The second-order valence-corrected chi connectivity index (χ2v) is 6.95. The van der Waals surface area contributed by atoms with Gasteiger partial charge in [0.05, 0.1) is 21.0 Å². The van der Waals surface area contributed by atoms with Crippen LogP contribution in [0.15, 0.2) is 26.0 Å². The van der Waals surface area contributed by atoms with Crippen molar-refractivity contribution in [3.05, 3.63) is 31.5 Å². The van der Waals surface area contributed by atoms with Crippen LogP contribution in [0.1, 0.15) is 5.56 Å². The van der Waals surface area contributed by atoms with Gasteiger partial charge >= 0.3 is 0 Å². The molecule has 1 fully saturated rings. The Morgan fingerprint density at radius 2 is 1.95 bits per heavy atom. The SMILES string of the molecule is COc1c(Br)cc(/C=C2\SC(=O)N(CC(N)=O)C2=O)cc1Br. The molecule has 1 saturated heterocycles. The van der Waals surface area contributed by atoms with Gasteiger partial charge in [-0.15, -0.1) is 0 Å². The number of nitrogens with two attached hydrogens (primary N) is 1. The number of carbonyl (C=O) groups is 3. The van der Waals surface area contributed by atoms with Crippen molar-refractivity contribution < 1.29 is 19.1 Å². The third-order valence-electron chi connectivity index (χ3n) is 2.71. The van der Waals surface area contributed by atoms with Crippen molar-refractivity contribution >= 4 is 66.8 Å². The fourth-order valence-electron chi connectivity index (χ4n) is 1.80. The van der Waals surface area contributed by atoms with Gasteiger partial charge in [-0.1, -0.05) is 0 Å². The second-order valence-electron chi connectivity index (χ2n) is 4.25. The van der Waals surface area contributed by atoms with Crippen LogP contribution in [0.25, 0.3) is 6.08 Å². The van der Waals surface area contributed by atoms with Gasteiger partial charge in [0.1, 0.15) is 12.3 Å². The number of imide groups is 1. The van der Waals surface area contributed by atoms with Crippen LogP contribution in [-0.2, 0) is 9.59 Å². The lowest BCUT2D eigenvalue weighted by Crippen LogP contribution is -2.36. The summed E-state index contributed by atoms with van der Waals surface area (Å²) >= 11 is 7.50. The summed E-state index contributed by atoms with van der Waals surface area (Å²) in [5.41, 5.74) is 5.72. The number of primary amides is 1. The van der Waals surface area contributed by atoms with Crippen molar-refractivity contribution in [1.82, 2.24) is 4.90 Å². The quantitative estimate of drug-likeness (QED) is 0.713. The first-order valence-corrected chi connectivity index (χ1v) is 8.30. The standard InChI is InChI=1S/C13H10Br2N2O4S/c1-21-11-7(14)2-6(3-8(11)15)4-9-12(19)17(5-10(16)18)13(20)22-9/h2-4H,5H2,1H3,(H2,16,18)/b9-4-. The lowest BCUT2D eigenvalue weighted by molar-refractivity contribution is -0.127. The molecule has 1 aliphatic rings. The van der Waals surface area contributed by atoms with E-state index in [4.69, 9.17) is 10.5 Å². The molecule has 2 N–H and O–H groups in total. The Kier molecular flexibility index (Phi) is 5.30. The van der Waals surface area contributed by atoms with Crippen LogP contribution in [-0.4, -0.2) is 35.6 Å². The normalized spacial score (nSPS) is 16.5. The van der Waals surface area contributed by atoms with Gasteiger partial charge in [-0.25, -0.2) is 0 Å². The average molecular weight is 450 g/mol. The van der Waals surface area contributed by atoms with Crippen molar-refractivity contribution in [3.8, 4) is 5.75 Å². The molecule has 9 heteroatoms. The molecule has 0 spiro atoms. The van der Waals surface area contributed by atoms with Crippen molar-refractivity contribution in [1.29, 1.82) is 0 Å². The first kappa shape index (κ1) is 17.0. The Morgan fingerprint density at radius 3 is 2.45 bits per heavy atom. The Bertz CT molecular complexity index is 682. The maximum absolute atomic E-state index is 12.1. The van der Waals surface area contributed by atoms with Crippen LogP contribution in [0.5, 0.6) is 5.75 Å². The third kappa shape index (κ3) is 3.53. The lowest BCUT2D eigenvalue weighted by Gasteiger charge is -2.09. The molecule has 22 heavy (non-hydrogen) atoms. The molecule has 0 aromatic heterocycles. The molecule has 2 rings (SSSR count). The van der Waals surface area contributed by atoms with E-state index in [0.29, 0.717) is 20.3 Å². The van der Waals surface area contributed by atoms with E-state index in [1.54, 1.807) is 25.3 Å². The van der Waals surface area contributed by atoms with E-state index in [2.05, 4.69) is 31.9 Å². The number of benzene rings is 1. The van der Waals surface area contributed by atoms with Crippen LogP contribution in [0.2, 0.25) is 0 Å². The van der Waals surface area contributed by atoms with Crippen LogP contribution in [0.3, 0.4) is 0 Å². The van der Waals surface area contributed by atoms with Gasteiger partial charge in [0.15, 0.2) is 0 Å². The molecule has 0 saturated carbocycles. The highest BCUT2D eigenvalue weighted by molar-refractivity contribution is 9.11. The molecule has 0 radical (unpaired) electrons. The van der Waals surface area contributed by atoms with Crippen LogP contribution < -0.4 is 10.5 Å².